The molecular weight excluding hydrogens is 278 g/mol. The summed E-state index contributed by atoms with van der Waals surface area (Å²) in [5.74, 6) is -0.873. The minimum atomic E-state index is -0.636. The van der Waals surface area contributed by atoms with Crippen LogP contribution >= 0.6 is 0 Å². The minimum Gasteiger partial charge on any atom is -0.482 e. The Hall–Kier alpha value is -2.63. The first kappa shape index (κ1) is 13.4. The highest BCUT2D eigenvalue weighted by Crippen LogP contribution is 2.28. The summed E-state index contributed by atoms with van der Waals surface area (Å²) >= 11 is 0. The normalized spacial score (nSPS) is 13.1. The highest BCUT2D eigenvalue weighted by atomic mass is 19.1. The first-order valence-electron chi connectivity index (χ1n) is 6.36. The lowest BCUT2D eigenvalue weighted by Gasteiger charge is -2.18. The van der Waals surface area contributed by atoms with Gasteiger partial charge in [0.25, 0.3) is 5.91 Å². The van der Waals surface area contributed by atoms with Crippen LogP contribution in [0, 0.1) is 11.6 Å². The smallest absolute Gasteiger partial charge is 0.262 e. The topological polar surface area (TPSA) is 50.4 Å². The Morgan fingerprint density at radius 2 is 1.90 bits per heavy atom. The second-order valence-corrected chi connectivity index (χ2v) is 4.68. The molecule has 0 radical (unpaired) electrons. The average molecular weight is 290 g/mol. The molecular formula is C15H12F2N2O2. The predicted molar refractivity (Wildman–Crippen MR) is 74.3 cm³/mol. The maximum absolute atomic E-state index is 13.1. The lowest BCUT2D eigenvalue weighted by molar-refractivity contribution is -0.118. The molecule has 0 fully saturated rings. The van der Waals surface area contributed by atoms with Gasteiger partial charge in [-0.05, 0) is 29.8 Å². The van der Waals surface area contributed by atoms with Gasteiger partial charge in [-0.25, -0.2) is 8.78 Å². The number of anilines is 2. The van der Waals surface area contributed by atoms with Crippen molar-refractivity contribution in [3.63, 3.8) is 0 Å². The van der Waals surface area contributed by atoms with E-state index < -0.39 is 11.6 Å². The Bertz CT molecular complexity index is 684. The van der Waals surface area contributed by atoms with Gasteiger partial charge in [-0.15, -0.1) is 0 Å². The van der Waals surface area contributed by atoms with Crippen molar-refractivity contribution in [3.8, 4) is 5.75 Å². The summed E-state index contributed by atoms with van der Waals surface area (Å²) in [6, 6.07) is 8.57. The zero-order valence-corrected chi connectivity index (χ0v) is 11.0. The zero-order valence-electron chi connectivity index (χ0n) is 11.0. The van der Waals surface area contributed by atoms with Crippen LogP contribution in [-0.4, -0.2) is 12.5 Å². The van der Waals surface area contributed by atoms with E-state index in [4.69, 9.17) is 4.74 Å². The number of nitrogens with one attached hydrogen (secondary N) is 2. The number of hydrogen-bond acceptors (Lipinski definition) is 3. The maximum Gasteiger partial charge on any atom is 0.262 e. The van der Waals surface area contributed by atoms with Crippen molar-refractivity contribution < 1.29 is 18.3 Å². The quantitative estimate of drug-likeness (QED) is 0.914. The second kappa shape index (κ2) is 5.40. The maximum atomic E-state index is 13.1. The van der Waals surface area contributed by atoms with Crippen LogP contribution in [0.5, 0.6) is 5.75 Å². The Labute approximate surface area is 119 Å². The molecule has 1 aliphatic rings. The number of ether oxygens (including phenoxy) is 1. The highest BCUT2D eigenvalue weighted by Gasteiger charge is 2.15. The van der Waals surface area contributed by atoms with Crippen molar-refractivity contribution in [2.24, 2.45) is 0 Å². The fourth-order valence-electron chi connectivity index (χ4n) is 2.10. The van der Waals surface area contributed by atoms with Crippen LogP contribution < -0.4 is 15.4 Å². The van der Waals surface area contributed by atoms with Crippen LogP contribution in [0.2, 0.25) is 0 Å². The van der Waals surface area contributed by atoms with Crippen molar-refractivity contribution in [3.05, 3.63) is 53.6 Å². The van der Waals surface area contributed by atoms with Gasteiger partial charge in [-0.3, -0.25) is 4.79 Å². The molecule has 1 amide bonds. The highest BCUT2D eigenvalue weighted by molar-refractivity contribution is 5.95. The number of halogens is 2. The van der Waals surface area contributed by atoms with Crippen LogP contribution in [0.25, 0.3) is 0 Å². The van der Waals surface area contributed by atoms with Crippen molar-refractivity contribution >= 4 is 17.3 Å². The van der Waals surface area contributed by atoms with Gasteiger partial charge in [-0.1, -0.05) is 6.07 Å². The van der Waals surface area contributed by atoms with E-state index in [1.165, 1.54) is 12.1 Å². The Morgan fingerprint density at radius 1 is 1.14 bits per heavy atom. The number of carbonyl (C=O) groups is 1. The summed E-state index contributed by atoms with van der Waals surface area (Å²) in [5, 5.41) is 5.63. The van der Waals surface area contributed by atoms with E-state index in [2.05, 4.69) is 10.6 Å². The molecule has 2 aromatic carbocycles. The first-order chi connectivity index (χ1) is 10.1. The molecule has 0 spiro atoms. The molecule has 0 bridgehead atoms. The molecule has 0 unspecified atom stereocenters. The molecule has 6 heteroatoms. The van der Waals surface area contributed by atoms with Crippen LogP contribution in [0.3, 0.4) is 0 Å². The van der Waals surface area contributed by atoms with E-state index in [1.54, 1.807) is 12.1 Å². The number of rotatable bonds is 3. The van der Waals surface area contributed by atoms with Gasteiger partial charge in [-0.2, -0.15) is 0 Å². The summed E-state index contributed by atoms with van der Waals surface area (Å²) < 4.78 is 31.4. The molecule has 21 heavy (non-hydrogen) atoms. The van der Waals surface area contributed by atoms with E-state index in [0.29, 0.717) is 23.7 Å². The summed E-state index contributed by atoms with van der Waals surface area (Å²) in [6.07, 6.45) is 0. The van der Waals surface area contributed by atoms with E-state index in [9.17, 15) is 13.6 Å². The van der Waals surface area contributed by atoms with Gasteiger partial charge in [0.15, 0.2) is 6.61 Å². The third-order valence-corrected chi connectivity index (χ3v) is 3.04. The molecule has 0 aromatic heterocycles. The van der Waals surface area contributed by atoms with E-state index >= 15 is 0 Å². The molecule has 0 atom stereocenters. The standard InChI is InChI=1S/C15H12F2N2O2/c16-10-4-11(17)6-12(5-10)18-7-9-1-2-14-13(3-9)19-15(20)8-21-14/h1-6,18H,7-8H2,(H,19,20). The molecule has 108 valence electrons. The molecule has 3 rings (SSSR count). The number of fused-ring (bicyclic) bond motifs is 1. The summed E-state index contributed by atoms with van der Waals surface area (Å²) in [4.78, 5) is 11.3. The number of hydrogen-bond donors (Lipinski definition) is 2. The predicted octanol–water partition coefficient (Wildman–Crippen LogP) is 2.91. The van der Waals surface area contributed by atoms with Gasteiger partial charge < -0.3 is 15.4 Å². The van der Waals surface area contributed by atoms with E-state index in [0.717, 1.165) is 11.6 Å². The largest absolute Gasteiger partial charge is 0.482 e. The Balaban J connectivity index is 1.73. The molecule has 0 saturated carbocycles. The molecule has 1 heterocycles. The number of amides is 1. The van der Waals surface area contributed by atoms with E-state index in [-0.39, 0.29) is 12.5 Å². The van der Waals surface area contributed by atoms with Gasteiger partial charge in [0, 0.05) is 18.3 Å². The summed E-state index contributed by atoms with van der Waals surface area (Å²) in [6.45, 7) is 0.374. The Morgan fingerprint density at radius 3 is 2.67 bits per heavy atom. The Kier molecular flexibility index (Phi) is 3.43. The first-order valence-corrected chi connectivity index (χ1v) is 6.36. The molecule has 0 saturated heterocycles. The third kappa shape index (κ3) is 3.10. The van der Waals surface area contributed by atoms with Gasteiger partial charge >= 0.3 is 0 Å². The minimum absolute atomic E-state index is 0.00711. The van der Waals surface area contributed by atoms with Crippen molar-refractivity contribution in [2.45, 2.75) is 6.54 Å². The third-order valence-electron chi connectivity index (χ3n) is 3.04. The van der Waals surface area contributed by atoms with Crippen LogP contribution in [-0.2, 0) is 11.3 Å². The van der Waals surface area contributed by atoms with Gasteiger partial charge in [0.1, 0.15) is 17.4 Å². The second-order valence-electron chi connectivity index (χ2n) is 4.68. The lowest BCUT2D eigenvalue weighted by Crippen LogP contribution is -2.25. The van der Waals surface area contributed by atoms with Crippen LogP contribution in [0.4, 0.5) is 20.2 Å². The van der Waals surface area contributed by atoms with Crippen LogP contribution in [0.15, 0.2) is 36.4 Å². The van der Waals surface area contributed by atoms with Crippen LogP contribution in [0.1, 0.15) is 5.56 Å². The van der Waals surface area contributed by atoms with Gasteiger partial charge in [0.05, 0.1) is 5.69 Å². The number of benzene rings is 2. The fourth-order valence-corrected chi connectivity index (χ4v) is 2.10. The zero-order chi connectivity index (χ0) is 14.8. The van der Waals surface area contributed by atoms with E-state index in [1.807, 2.05) is 6.07 Å². The summed E-state index contributed by atoms with van der Waals surface area (Å²) in [5.41, 5.74) is 1.80. The molecule has 2 aromatic rings. The molecule has 1 aliphatic heterocycles. The monoisotopic (exact) mass is 290 g/mol. The van der Waals surface area contributed by atoms with Crippen molar-refractivity contribution in [2.75, 3.05) is 17.2 Å². The average Bonchev–Trinajstić information content (AvgIpc) is 2.43. The van der Waals surface area contributed by atoms with Crippen molar-refractivity contribution in [1.29, 1.82) is 0 Å². The molecule has 4 nitrogen and oxygen atoms in total. The van der Waals surface area contributed by atoms with Crippen molar-refractivity contribution in [1.82, 2.24) is 0 Å². The fraction of sp³-hybridized carbons (Fsp3) is 0.133. The molecule has 0 aliphatic carbocycles. The lowest BCUT2D eigenvalue weighted by atomic mass is 10.1. The summed E-state index contributed by atoms with van der Waals surface area (Å²) in [7, 11) is 0. The SMILES string of the molecule is O=C1COc2ccc(CNc3cc(F)cc(F)c3)cc2N1. The number of carbonyl (C=O) groups excluding carboxylic acids is 1. The molecule has 2 N–H and O–H groups in total. The van der Waals surface area contributed by atoms with Gasteiger partial charge in [0.2, 0.25) is 0 Å².